The maximum absolute atomic E-state index is 12.9. The Labute approximate surface area is 161 Å². The van der Waals surface area contributed by atoms with Gasteiger partial charge >= 0.3 is 0 Å². The van der Waals surface area contributed by atoms with Gasteiger partial charge in [-0.05, 0) is 38.0 Å². The maximum atomic E-state index is 12.9. The van der Waals surface area contributed by atoms with Gasteiger partial charge in [-0.1, -0.05) is 19.1 Å². The Morgan fingerprint density at radius 2 is 1.81 bits per heavy atom. The van der Waals surface area contributed by atoms with Crippen LogP contribution >= 0.6 is 0 Å². The quantitative estimate of drug-likeness (QED) is 0.754. The second-order valence-corrected chi connectivity index (χ2v) is 8.61. The van der Waals surface area contributed by atoms with E-state index in [0.717, 1.165) is 17.8 Å². The molecule has 27 heavy (non-hydrogen) atoms. The van der Waals surface area contributed by atoms with Gasteiger partial charge in [0.15, 0.2) is 0 Å². The fourth-order valence-electron chi connectivity index (χ4n) is 3.05. The van der Waals surface area contributed by atoms with Gasteiger partial charge in [0, 0.05) is 32.2 Å². The average Bonchev–Trinajstić information content (AvgIpc) is 2.66. The van der Waals surface area contributed by atoms with Gasteiger partial charge in [0.05, 0.1) is 11.5 Å². The Kier molecular flexibility index (Phi) is 5.96. The lowest BCUT2D eigenvalue weighted by Crippen LogP contribution is -2.49. The van der Waals surface area contributed by atoms with Gasteiger partial charge in [0.1, 0.15) is 11.6 Å². The van der Waals surface area contributed by atoms with Crippen molar-refractivity contribution in [1.29, 1.82) is 0 Å². The summed E-state index contributed by atoms with van der Waals surface area (Å²) in [5, 5.41) is 0. The molecule has 0 bridgehead atoms. The van der Waals surface area contributed by atoms with Gasteiger partial charge in [-0.2, -0.15) is 9.29 Å². The molecule has 3 rings (SSSR count). The van der Waals surface area contributed by atoms with E-state index in [1.165, 1.54) is 0 Å². The number of nitrogens with zero attached hydrogens (tertiary/aromatic N) is 4. The molecular formula is C19H26N4O3S. The van der Waals surface area contributed by atoms with Crippen molar-refractivity contribution in [3.63, 3.8) is 0 Å². The summed E-state index contributed by atoms with van der Waals surface area (Å²) in [5.41, 5.74) is 0.936. The standard InChI is InChI=1S/C19H26N4O3S/c1-4-12-26-19-14-18(20-16(3)21-19)22-8-10-23(11-9-22)27(24,25)17-7-5-6-15(2)13-17/h5-7,13-14H,4,8-12H2,1-3H3. The number of aryl methyl sites for hydroxylation is 2. The molecule has 1 aromatic carbocycles. The lowest BCUT2D eigenvalue weighted by Gasteiger charge is -2.34. The van der Waals surface area contributed by atoms with Crippen LogP contribution < -0.4 is 9.64 Å². The second kappa shape index (κ2) is 8.22. The largest absolute Gasteiger partial charge is 0.478 e. The third kappa shape index (κ3) is 4.56. The second-order valence-electron chi connectivity index (χ2n) is 6.67. The number of hydrogen-bond acceptors (Lipinski definition) is 6. The molecule has 0 amide bonds. The van der Waals surface area contributed by atoms with Crippen LogP contribution in [0.5, 0.6) is 5.88 Å². The monoisotopic (exact) mass is 390 g/mol. The van der Waals surface area contributed by atoms with Crippen molar-refractivity contribution in [2.75, 3.05) is 37.7 Å². The first-order valence-corrected chi connectivity index (χ1v) is 10.6. The molecule has 0 spiro atoms. The number of benzene rings is 1. The molecular weight excluding hydrogens is 364 g/mol. The van der Waals surface area contributed by atoms with E-state index in [-0.39, 0.29) is 0 Å². The average molecular weight is 391 g/mol. The van der Waals surface area contributed by atoms with Crippen LogP contribution in [0.15, 0.2) is 35.2 Å². The Morgan fingerprint density at radius 1 is 1.07 bits per heavy atom. The van der Waals surface area contributed by atoms with E-state index in [9.17, 15) is 8.42 Å². The molecule has 1 aromatic heterocycles. The summed E-state index contributed by atoms with van der Waals surface area (Å²) in [5.74, 6) is 1.99. The van der Waals surface area contributed by atoms with Gasteiger partial charge < -0.3 is 9.64 Å². The van der Waals surface area contributed by atoms with Crippen LogP contribution in [0.2, 0.25) is 0 Å². The molecule has 146 valence electrons. The molecule has 0 radical (unpaired) electrons. The zero-order valence-electron chi connectivity index (χ0n) is 16.1. The number of sulfonamides is 1. The minimum atomic E-state index is -3.47. The minimum Gasteiger partial charge on any atom is -0.478 e. The Balaban J connectivity index is 1.71. The van der Waals surface area contributed by atoms with E-state index in [4.69, 9.17) is 4.74 Å². The summed E-state index contributed by atoms with van der Waals surface area (Å²) in [6, 6.07) is 8.87. The highest BCUT2D eigenvalue weighted by Gasteiger charge is 2.29. The molecule has 0 saturated carbocycles. The number of anilines is 1. The van der Waals surface area contributed by atoms with Crippen LogP contribution in [0.25, 0.3) is 0 Å². The maximum Gasteiger partial charge on any atom is 0.243 e. The van der Waals surface area contributed by atoms with Crippen molar-refractivity contribution in [3.05, 3.63) is 41.7 Å². The van der Waals surface area contributed by atoms with Crippen molar-refractivity contribution >= 4 is 15.8 Å². The SMILES string of the molecule is CCCOc1cc(N2CCN(S(=O)(=O)c3cccc(C)c3)CC2)nc(C)n1. The normalized spacial score (nSPS) is 15.7. The zero-order chi connectivity index (χ0) is 19.4. The molecule has 7 nitrogen and oxygen atoms in total. The van der Waals surface area contributed by atoms with Crippen LogP contribution in [0.1, 0.15) is 24.7 Å². The molecule has 1 aliphatic heterocycles. The summed E-state index contributed by atoms with van der Waals surface area (Å²) >= 11 is 0. The summed E-state index contributed by atoms with van der Waals surface area (Å²) in [7, 11) is -3.47. The van der Waals surface area contributed by atoms with Crippen LogP contribution in [0.4, 0.5) is 5.82 Å². The number of ether oxygens (including phenoxy) is 1. The fourth-order valence-corrected chi connectivity index (χ4v) is 4.58. The summed E-state index contributed by atoms with van der Waals surface area (Å²) in [6.07, 6.45) is 0.911. The number of piperazine rings is 1. The van der Waals surface area contributed by atoms with Crippen molar-refractivity contribution in [3.8, 4) is 5.88 Å². The summed E-state index contributed by atoms with van der Waals surface area (Å²) in [6.45, 7) is 8.38. The van der Waals surface area contributed by atoms with Crippen molar-refractivity contribution in [1.82, 2.24) is 14.3 Å². The van der Waals surface area contributed by atoms with Crippen molar-refractivity contribution in [2.24, 2.45) is 0 Å². The third-order valence-electron chi connectivity index (χ3n) is 4.44. The lowest BCUT2D eigenvalue weighted by molar-refractivity contribution is 0.303. The molecule has 2 aromatic rings. The van der Waals surface area contributed by atoms with Crippen LogP contribution in [0, 0.1) is 13.8 Å². The lowest BCUT2D eigenvalue weighted by atomic mass is 10.2. The highest BCUT2D eigenvalue weighted by molar-refractivity contribution is 7.89. The van der Waals surface area contributed by atoms with Gasteiger partial charge in [-0.25, -0.2) is 13.4 Å². The number of rotatable bonds is 6. The molecule has 0 unspecified atom stereocenters. The zero-order valence-corrected chi connectivity index (χ0v) is 16.9. The highest BCUT2D eigenvalue weighted by atomic mass is 32.2. The van der Waals surface area contributed by atoms with Gasteiger partial charge in [-0.3, -0.25) is 0 Å². The van der Waals surface area contributed by atoms with Gasteiger partial charge in [0.25, 0.3) is 0 Å². The number of aromatic nitrogens is 2. The molecule has 2 heterocycles. The van der Waals surface area contributed by atoms with Crippen LogP contribution in [0.3, 0.4) is 0 Å². The van der Waals surface area contributed by atoms with Gasteiger partial charge in [-0.15, -0.1) is 0 Å². The Bertz CT molecular complexity index is 894. The number of hydrogen-bond donors (Lipinski definition) is 0. The molecule has 1 saturated heterocycles. The molecule has 0 N–H and O–H groups in total. The first-order valence-electron chi connectivity index (χ1n) is 9.20. The van der Waals surface area contributed by atoms with Crippen LogP contribution in [-0.2, 0) is 10.0 Å². The van der Waals surface area contributed by atoms with E-state index < -0.39 is 10.0 Å². The van der Waals surface area contributed by atoms with E-state index in [1.54, 1.807) is 22.5 Å². The highest BCUT2D eigenvalue weighted by Crippen LogP contribution is 2.22. The topological polar surface area (TPSA) is 75.6 Å². The fraction of sp³-hybridized carbons (Fsp3) is 0.474. The van der Waals surface area contributed by atoms with Crippen molar-refractivity contribution < 1.29 is 13.2 Å². The predicted octanol–water partition coefficient (Wildman–Crippen LogP) is 2.39. The molecule has 1 fully saturated rings. The van der Waals surface area contributed by atoms with E-state index in [1.807, 2.05) is 32.9 Å². The van der Waals surface area contributed by atoms with E-state index >= 15 is 0 Å². The van der Waals surface area contributed by atoms with E-state index in [2.05, 4.69) is 14.9 Å². The Hall–Kier alpha value is -2.19. The van der Waals surface area contributed by atoms with Crippen molar-refractivity contribution in [2.45, 2.75) is 32.1 Å². The van der Waals surface area contributed by atoms with E-state index in [0.29, 0.717) is 49.4 Å². The van der Waals surface area contributed by atoms with Gasteiger partial charge in [0.2, 0.25) is 15.9 Å². The first-order chi connectivity index (χ1) is 12.9. The molecule has 8 heteroatoms. The molecule has 0 atom stereocenters. The Morgan fingerprint density at radius 3 is 2.48 bits per heavy atom. The minimum absolute atomic E-state index is 0.351. The molecule has 1 aliphatic rings. The smallest absolute Gasteiger partial charge is 0.243 e. The van der Waals surface area contributed by atoms with Crippen LogP contribution in [-0.4, -0.2) is 55.5 Å². The summed E-state index contributed by atoms with van der Waals surface area (Å²) in [4.78, 5) is 11.2. The predicted molar refractivity (Wildman–Crippen MR) is 105 cm³/mol. The third-order valence-corrected chi connectivity index (χ3v) is 6.34. The molecule has 0 aliphatic carbocycles. The summed E-state index contributed by atoms with van der Waals surface area (Å²) < 4.78 is 32.9. The first kappa shape index (κ1) is 19.6.